The van der Waals surface area contributed by atoms with Gasteiger partial charge in [0.1, 0.15) is 31.3 Å². The minimum atomic E-state index is -1.48. The summed E-state index contributed by atoms with van der Waals surface area (Å²) in [7, 11) is 1.40. The average Bonchev–Trinajstić information content (AvgIpc) is 3.19. The van der Waals surface area contributed by atoms with Gasteiger partial charge in [0, 0.05) is 39.4 Å². The number of carbonyl (C=O) groups excluding carboxylic acids is 10. The number of likely N-dealkylation sites (N-methyl/N-ethyl adjacent to an activating group) is 1. The molecule has 2 rings (SSSR count). The van der Waals surface area contributed by atoms with Gasteiger partial charge in [-0.3, -0.25) is 64.4 Å². The Kier molecular flexibility index (Phi) is 21.0. The molecule has 0 spiro atoms. The molecule has 7 amide bonds. The van der Waals surface area contributed by atoms with Gasteiger partial charge in [0.15, 0.2) is 6.10 Å². The van der Waals surface area contributed by atoms with E-state index in [1.165, 1.54) is 24.1 Å². The molecule has 1 aliphatic rings. The van der Waals surface area contributed by atoms with Crippen molar-refractivity contribution in [2.24, 2.45) is 11.5 Å². The van der Waals surface area contributed by atoms with E-state index in [2.05, 4.69) is 36.9 Å². The molecule has 60 heavy (non-hydrogen) atoms. The molecule has 2 unspecified atom stereocenters. The number of nitrogens with zero attached hydrogens (tertiary/aromatic N) is 1. The van der Waals surface area contributed by atoms with Crippen molar-refractivity contribution in [3.63, 3.8) is 0 Å². The van der Waals surface area contributed by atoms with E-state index in [1.54, 1.807) is 19.1 Å². The summed E-state index contributed by atoms with van der Waals surface area (Å²) in [5, 5.41) is 15.0. The third-order valence-corrected chi connectivity index (χ3v) is 8.60. The summed E-state index contributed by atoms with van der Waals surface area (Å²) < 4.78 is 14.7. The van der Waals surface area contributed by atoms with Crippen LogP contribution in [0.4, 0.5) is 0 Å². The molecular formula is C37H55N10O13+. The Bertz CT molecular complexity index is 1770. The molecule has 1 aliphatic heterocycles. The molecule has 1 aromatic rings. The lowest BCUT2D eigenvalue weighted by Gasteiger charge is -2.30. The lowest BCUT2D eigenvalue weighted by molar-refractivity contribution is -0.459. The van der Waals surface area contributed by atoms with Crippen LogP contribution in [0.3, 0.4) is 0 Å². The van der Waals surface area contributed by atoms with Crippen LogP contribution in [0, 0.1) is 0 Å². The summed E-state index contributed by atoms with van der Waals surface area (Å²) in [5.41, 5.74) is 11.6. The molecule has 23 nitrogen and oxygen atoms in total. The van der Waals surface area contributed by atoms with Crippen molar-refractivity contribution in [3.05, 3.63) is 35.4 Å². The van der Waals surface area contributed by atoms with E-state index in [9.17, 15) is 47.9 Å². The van der Waals surface area contributed by atoms with E-state index in [1.807, 2.05) is 0 Å². The van der Waals surface area contributed by atoms with E-state index >= 15 is 0 Å². The number of hydrogen-bond donors (Lipinski definition) is 9. The SMILES string of the molecule is CCC1NC(=O)c2cccc(c2)CNC(=O)[C@H](CC(=O)NCNC(=O)CCC(=O)OCC(COC(C)=O)OC(C)=O)NC(=O)CNC(=O)[C@H](CCC[NH+]=C(N)N)N(C)C1=O. The fourth-order valence-electron chi connectivity index (χ4n) is 5.51. The first kappa shape index (κ1) is 49.3. The van der Waals surface area contributed by atoms with Crippen LogP contribution in [0.1, 0.15) is 75.2 Å². The van der Waals surface area contributed by atoms with E-state index in [-0.39, 0.29) is 56.9 Å². The van der Waals surface area contributed by atoms with Gasteiger partial charge in [-0.15, -0.1) is 0 Å². The Labute approximate surface area is 345 Å². The normalized spacial score (nSPS) is 18.1. The summed E-state index contributed by atoms with van der Waals surface area (Å²) in [5.74, 6) is -7.10. The second-order valence-electron chi connectivity index (χ2n) is 13.5. The number of amides is 7. The third-order valence-electron chi connectivity index (χ3n) is 8.60. The lowest BCUT2D eigenvalue weighted by Crippen LogP contribution is -2.78. The number of hydrogen-bond acceptors (Lipinski definition) is 13. The van der Waals surface area contributed by atoms with Crippen LogP contribution in [0.25, 0.3) is 0 Å². The van der Waals surface area contributed by atoms with Crippen molar-refractivity contribution in [2.45, 2.75) is 90.1 Å². The van der Waals surface area contributed by atoms with E-state index in [0.717, 1.165) is 13.8 Å². The Balaban J connectivity index is 2.12. The molecule has 23 heteroatoms. The molecule has 0 radical (unpaired) electrons. The molecule has 1 heterocycles. The molecule has 0 saturated heterocycles. The minimum absolute atomic E-state index is 0.0413. The van der Waals surface area contributed by atoms with Crippen molar-refractivity contribution in [1.82, 2.24) is 36.8 Å². The van der Waals surface area contributed by atoms with E-state index in [0.29, 0.717) is 12.0 Å². The lowest BCUT2D eigenvalue weighted by atomic mass is 10.1. The number of rotatable bonds is 17. The first-order chi connectivity index (χ1) is 28.4. The van der Waals surface area contributed by atoms with Crippen LogP contribution in [-0.2, 0) is 63.9 Å². The van der Waals surface area contributed by atoms with Gasteiger partial charge < -0.3 is 51.0 Å². The van der Waals surface area contributed by atoms with Gasteiger partial charge in [0.25, 0.3) is 5.91 Å². The number of nitrogens with one attached hydrogen (secondary N) is 7. The van der Waals surface area contributed by atoms with Gasteiger partial charge in [-0.05, 0) is 37.0 Å². The van der Waals surface area contributed by atoms with Crippen LogP contribution in [0.15, 0.2) is 24.3 Å². The van der Waals surface area contributed by atoms with Crippen LogP contribution in [0.2, 0.25) is 0 Å². The fourth-order valence-corrected chi connectivity index (χ4v) is 5.51. The number of nitrogens with two attached hydrogens (primary N) is 2. The molecule has 0 aromatic heterocycles. The highest BCUT2D eigenvalue weighted by molar-refractivity contribution is 5.99. The zero-order valence-electron chi connectivity index (χ0n) is 34.0. The number of carbonyl (C=O) groups is 10. The number of fused-ring (bicyclic) bond motifs is 2. The van der Waals surface area contributed by atoms with Gasteiger partial charge in [0.05, 0.1) is 32.6 Å². The van der Waals surface area contributed by atoms with Gasteiger partial charge in [0.2, 0.25) is 35.4 Å². The Morgan fingerprint density at radius 2 is 1.57 bits per heavy atom. The first-order valence-electron chi connectivity index (χ1n) is 19.0. The number of guanidine groups is 1. The Morgan fingerprint density at radius 3 is 2.23 bits per heavy atom. The van der Waals surface area contributed by atoms with Gasteiger partial charge >= 0.3 is 23.9 Å². The number of esters is 3. The zero-order valence-corrected chi connectivity index (χ0v) is 34.0. The van der Waals surface area contributed by atoms with E-state index in [4.69, 9.17) is 25.7 Å². The molecule has 0 fully saturated rings. The molecule has 1 aromatic carbocycles. The number of benzene rings is 1. The monoisotopic (exact) mass is 847 g/mol. The smallest absolute Gasteiger partial charge is 0.338 e. The second kappa shape index (κ2) is 25.5. The molecule has 2 bridgehead atoms. The highest BCUT2D eigenvalue weighted by atomic mass is 16.6. The topological polar surface area (TPSA) is 340 Å². The largest absolute Gasteiger partial charge is 0.462 e. The van der Waals surface area contributed by atoms with Crippen LogP contribution < -0.4 is 48.4 Å². The summed E-state index contributed by atoms with van der Waals surface area (Å²) in [4.78, 5) is 130. The van der Waals surface area contributed by atoms with Crippen LogP contribution >= 0.6 is 0 Å². The van der Waals surface area contributed by atoms with Crippen molar-refractivity contribution < 1.29 is 67.1 Å². The Morgan fingerprint density at radius 1 is 0.883 bits per heavy atom. The Hall–Kier alpha value is -6.81. The van der Waals surface area contributed by atoms with E-state index < -0.39 is 110 Å². The summed E-state index contributed by atoms with van der Waals surface area (Å²) in [6.07, 6.45) is -1.78. The predicted octanol–water partition coefficient (Wildman–Crippen LogP) is -5.21. The predicted molar refractivity (Wildman–Crippen MR) is 208 cm³/mol. The maximum absolute atomic E-state index is 13.6. The number of ether oxygens (including phenoxy) is 3. The molecule has 330 valence electrons. The minimum Gasteiger partial charge on any atom is -0.462 e. The zero-order chi connectivity index (χ0) is 44.8. The van der Waals surface area contributed by atoms with Gasteiger partial charge in [-0.25, -0.2) is 0 Å². The molecule has 0 saturated carbocycles. The maximum atomic E-state index is 13.6. The van der Waals surface area contributed by atoms with Crippen molar-refractivity contribution in [1.29, 1.82) is 0 Å². The third kappa shape index (κ3) is 18.6. The highest BCUT2D eigenvalue weighted by Crippen LogP contribution is 2.12. The average molecular weight is 848 g/mol. The summed E-state index contributed by atoms with van der Waals surface area (Å²) in [6.45, 7) is 2.27. The van der Waals surface area contributed by atoms with Gasteiger partial charge in [-0.1, -0.05) is 19.1 Å². The molecule has 4 atom stereocenters. The molecule has 0 aliphatic carbocycles. The quantitative estimate of drug-likeness (QED) is 0.0177. The first-order valence-corrected chi connectivity index (χ1v) is 19.0. The molecular weight excluding hydrogens is 792 g/mol. The van der Waals surface area contributed by atoms with Crippen LogP contribution in [0.5, 0.6) is 0 Å². The van der Waals surface area contributed by atoms with Crippen LogP contribution in [-0.4, -0.2) is 134 Å². The summed E-state index contributed by atoms with van der Waals surface area (Å²) in [6, 6.07) is 2.63. The highest BCUT2D eigenvalue weighted by Gasteiger charge is 2.32. The van der Waals surface area contributed by atoms with Gasteiger partial charge in [-0.2, -0.15) is 0 Å². The molecule has 11 N–H and O–H groups in total. The fraction of sp³-hybridized carbons (Fsp3) is 0.541. The second-order valence-corrected chi connectivity index (χ2v) is 13.5. The van der Waals surface area contributed by atoms with Crippen molar-refractivity contribution >= 4 is 65.2 Å². The van der Waals surface area contributed by atoms with Crippen molar-refractivity contribution in [3.8, 4) is 0 Å². The summed E-state index contributed by atoms with van der Waals surface area (Å²) >= 11 is 0. The maximum Gasteiger partial charge on any atom is 0.338 e. The standard InChI is InChI=1S/C37H54N10O13/c1-5-26-36(57)47(4)28(10-7-13-40-37(38)39)35(56)42-17-31(52)45-27(34(55)41-16-23-8-6-9-24(14-23)33(54)46-26)15-30(51)44-20-43-29(50)11-12-32(53)59-19-25(60-22(3)49)18-58-21(2)48/h6,8-9,14,25-28H,5,7,10-13,15-20H2,1-4H3,(H,41,55)(H,42,56)(H,43,50)(H,44,51)(H,45,52)(H,46,54)(H4,38,39,40)/p+1/t25?,26?,27-,28-/m0/s1. The van der Waals surface area contributed by atoms with Crippen molar-refractivity contribution in [2.75, 3.05) is 40.0 Å².